The van der Waals surface area contributed by atoms with E-state index in [2.05, 4.69) is 61.2 Å². The Balaban J connectivity index is 0.00000392. The van der Waals surface area contributed by atoms with Gasteiger partial charge in [0.05, 0.1) is 18.9 Å². The molecule has 8 heteroatoms. The molecule has 1 N–H and O–H groups in total. The number of nitrogens with zero attached hydrogens (tertiary/aromatic N) is 5. The Kier molecular flexibility index (Phi) is 11.4. The average molecular weight is 506 g/mol. The maximum absolute atomic E-state index is 5.43. The fourth-order valence-electron chi connectivity index (χ4n) is 3.49. The van der Waals surface area contributed by atoms with E-state index in [0.717, 1.165) is 58.4 Å². The van der Waals surface area contributed by atoms with Crippen LogP contribution in [0, 0.1) is 5.92 Å². The van der Waals surface area contributed by atoms with Crippen LogP contribution in [-0.4, -0.2) is 78.5 Å². The lowest BCUT2D eigenvalue weighted by atomic mass is 10.1. The lowest BCUT2D eigenvalue weighted by Crippen LogP contribution is -2.41. The highest BCUT2D eigenvalue weighted by molar-refractivity contribution is 14.0. The second kappa shape index (κ2) is 12.6. The van der Waals surface area contributed by atoms with Crippen molar-refractivity contribution in [1.29, 1.82) is 0 Å². The minimum Gasteiger partial charge on any atom is -0.379 e. The Morgan fingerprint density at radius 2 is 2.00 bits per heavy atom. The standard InChI is InChI=1S/C20H38N6O.HI/c1-7-21-20(22-12-17(4)13-26-8-10-27-11-9-26)24(5)14-18-15-25(6)23-19(18)16(2)3;/h15-17H,7-14H2,1-6H3,(H,21,22);1H. The van der Waals surface area contributed by atoms with Gasteiger partial charge >= 0.3 is 0 Å². The molecule has 2 heterocycles. The number of aromatic nitrogens is 2. The maximum Gasteiger partial charge on any atom is 0.193 e. The van der Waals surface area contributed by atoms with E-state index in [4.69, 9.17) is 9.73 Å². The Hall–Kier alpha value is -0.870. The van der Waals surface area contributed by atoms with Crippen LogP contribution in [0.4, 0.5) is 0 Å². The van der Waals surface area contributed by atoms with E-state index in [1.165, 1.54) is 11.3 Å². The number of nitrogens with one attached hydrogen (secondary N) is 1. The highest BCUT2D eigenvalue weighted by atomic mass is 127. The Labute approximate surface area is 187 Å². The molecule has 1 aromatic rings. The first-order valence-electron chi connectivity index (χ1n) is 10.2. The molecule has 162 valence electrons. The van der Waals surface area contributed by atoms with Gasteiger partial charge in [0, 0.05) is 65.1 Å². The number of hydrogen-bond donors (Lipinski definition) is 1. The van der Waals surface area contributed by atoms with Crippen molar-refractivity contribution in [2.24, 2.45) is 18.0 Å². The number of hydrogen-bond acceptors (Lipinski definition) is 4. The summed E-state index contributed by atoms with van der Waals surface area (Å²) in [6.07, 6.45) is 2.12. The average Bonchev–Trinajstić information content (AvgIpc) is 3.00. The molecule has 1 saturated heterocycles. The monoisotopic (exact) mass is 506 g/mol. The normalized spacial score (nSPS) is 16.8. The van der Waals surface area contributed by atoms with E-state index >= 15 is 0 Å². The first-order valence-corrected chi connectivity index (χ1v) is 10.2. The topological polar surface area (TPSA) is 57.9 Å². The van der Waals surface area contributed by atoms with E-state index in [0.29, 0.717) is 11.8 Å². The van der Waals surface area contributed by atoms with E-state index in [1.54, 1.807) is 0 Å². The molecule has 1 unspecified atom stereocenters. The molecule has 1 aliphatic rings. The van der Waals surface area contributed by atoms with E-state index in [9.17, 15) is 0 Å². The summed E-state index contributed by atoms with van der Waals surface area (Å²) in [4.78, 5) is 9.58. The molecule has 2 rings (SSSR count). The van der Waals surface area contributed by atoms with Crippen molar-refractivity contribution in [3.63, 3.8) is 0 Å². The summed E-state index contributed by atoms with van der Waals surface area (Å²) in [5, 5.41) is 8.05. The van der Waals surface area contributed by atoms with Crippen molar-refractivity contribution in [1.82, 2.24) is 24.9 Å². The summed E-state index contributed by atoms with van der Waals surface area (Å²) >= 11 is 0. The molecule has 0 saturated carbocycles. The highest BCUT2D eigenvalue weighted by Crippen LogP contribution is 2.18. The summed E-state index contributed by atoms with van der Waals surface area (Å²) in [7, 11) is 4.09. The zero-order chi connectivity index (χ0) is 19.8. The van der Waals surface area contributed by atoms with Gasteiger partial charge in [0.25, 0.3) is 0 Å². The van der Waals surface area contributed by atoms with Crippen LogP contribution in [0.25, 0.3) is 0 Å². The molecule has 28 heavy (non-hydrogen) atoms. The summed E-state index contributed by atoms with van der Waals surface area (Å²) in [5.74, 6) is 1.90. The van der Waals surface area contributed by atoms with Gasteiger partial charge in [0.1, 0.15) is 0 Å². The largest absolute Gasteiger partial charge is 0.379 e. The molecule has 1 fully saturated rings. The van der Waals surface area contributed by atoms with Gasteiger partial charge in [-0.15, -0.1) is 24.0 Å². The molecule has 0 amide bonds. The predicted molar refractivity (Wildman–Crippen MR) is 127 cm³/mol. The van der Waals surface area contributed by atoms with Crippen LogP contribution < -0.4 is 5.32 Å². The molecule has 0 aliphatic carbocycles. The number of guanidine groups is 1. The molecular formula is C20H39IN6O. The first kappa shape index (κ1) is 25.2. The predicted octanol–water partition coefficient (Wildman–Crippen LogP) is 2.53. The van der Waals surface area contributed by atoms with Crippen LogP contribution in [0.2, 0.25) is 0 Å². The number of morpholine rings is 1. The van der Waals surface area contributed by atoms with Gasteiger partial charge in [-0.05, 0) is 18.8 Å². The highest BCUT2D eigenvalue weighted by Gasteiger charge is 2.16. The van der Waals surface area contributed by atoms with Crippen molar-refractivity contribution in [2.75, 3.05) is 53.0 Å². The number of halogens is 1. The number of ether oxygens (including phenoxy) is 1. The fraction of sp³-hybridized carbons (Fsp3) is 0.800. The third kappa shape index (κ3) is 7.87. The maximum atomic E-state index is 5.43. The van der Waals surface area contributed by atoms with Crippen LogP contribution in [0.15, 0.2) is 11.2 Å². The molecule has 0 aromatic carbocycles. The quantitative estimate of drug-likeness (QED) is 0.334. The summed E-state index contributed by atoms with van der Waals surface area (Å²) < 4.78 is 7.34. The third-order valence-electron chi connectivity index (χ3n) is 4.81. The Bertz CT molecular complexity index is 598. The third-order valence-corrected chi connectivity index (χ3v) is 4.81. The molecular weight excluding hydrogens is 467 g/mol. The number of aliphatic imine (C=N–C) groups is 1. The van der Waals surface area contributed by atoms with Gasteiger partial charge in [-0.2, -0.15) is 5.10 Å². The molecule has 7 nitrogen and oxygen atoms in total. The molecule has 0 radical (unpaired) electrons. The minimum atomic E-state index is 0. The molecule has 1 atom stereocenters. The van der Waals surface area contributed by atoms with E-state index < -0.39 is 0 Å². The Morgan fingerprint density at radius 3 is 2.61 bits per heavy atom. The second-order valence-electron chi connectivity index (χ2n) is 7.94. The molecule has 1 aliphatic heterocycles. The zero-order valence-corrected chi connectivity index (χ0v) is 20.8. The molecule has 0 bridgehead atoms. The van der Waals surface area contributed by atoms with Gasteiger partial charge < -0.3 is 15.0 Å². The van der Waals surface area contributed by atoms with Crippen molar-refractivity contribution in [2.45, 2.75) is 40.2 Å². The van der Waals surface area contributed by atoms with Crippen LogP contribution >= 0.6 is 24.0 Å². The van der Waals surface area contributed by atoms with Gasteiger partial charge in [-0.1, -0.05) is 20.8 Å². The SMILES string of the molecule is CCNC(=NCC(C)CN1CCOCC1)N(C)Cc1cn(C)nc1C(C)C.I. The second-order valence-corrected chi connectivity index (χ2v) is 7.94. The smallest absolute Gasteiger partial charge is 0.193 e. The molecule has 1 aromatic heterocycles. The van der Waals surface area contributed by atoms with Crippen molar-refractivity contribution in [3.05, 3.63) is 17.5 Å². The van der Waals surface area contributed by atoms with Crippen LogP contribution in [0.1, 0.15) is 44.9 Å². The first-order chi connectivity index (χ1) is 12.9. The van der Waals surface area contributed by atoms with Crippen molar-refractivity contribution >= 4 is 29.9 Å². The number of aryl methyl sites for hydroxylation is 1. The van der Waals surface area contributed by atoms with Crippen LogP contribution in [-0.2, 0) is 18.3 Å². The van der Waals surface area contributed by atoms with Crippen LogP contribution in [0.5, 0.6) is 0 Å². The fourth-order valence-corrected chi connectivity index (χ4v) is 3.49. The van der Waals surface area contributed by atoms with Gasteiger partial charge in [-0.3, -0.25) is 14.6 Å². The van der Waals surface area contributed by atoms with E-state index in [-0.39, 0.29) is 24.0 Å². The van der Waals surface area contributed by atoms with Crippen LogP contribution in [0.3, 0.4) is 0 Å². The van der Waals surface area contributed by atoms with Gasteiger partial charge in [0.15, 0.2) is 5.96 Å². The van der Waals surface area contributed by atoms with E-state index in [1.807, 2.05) is 11.7 Å². The lowest BCUT2D eigenvalue weighted by Gasteiger charge is -2.29. The summed E-state index contributed by atoms with van der Waals surface area (Å²) in [6, 6.07) is 0. The van der Waals surface area contributed by atoms with Gasteiger partial charge in [-0.25, -0.2) is 0 Å². The van der Waals surface area contributed by atoms with Gasteiger partial charge in [0.2, 0.25) is 0 Å². The molecule has 0 spiro atoms. The minimum absolute atomic E-state index is 0. The Morgan fingerprint density at radius 1 is 1.32 bits per heavy atom. The zero-order valence-electron chi connectivity index (χ0n) is 18.4. The van der Waals surface area contributed by atoms with Crippen molar-refractivity contribution in [3.8, 4) is 0 Å². The summed E-state index contributed by atoms with van der Waals surface area (Å²) in [5.41, 5.74) is 2.43. The van der Waals surface area contributed by atoms with Crippen molar-refractivity contribution < 1.29 is 4.74 Å². The number of rotatable bonds is 8. The lowest BCUT2D eigenvalue weighted by molar-refractivity contribution is 0.0323. The summed E-state index contributed by atoms with van der Waals surface area (Å²) in [6.45, 7) is 16.1.